The molecular formula is C29H53N5. The van der Waals surface area contributed by atoms with E-state index in [1.807, 2.05) is 0 Å². The van der Waals surface area contributed by atoms with E-state index < -0.39 is 16.9 Å². The van der Waals surface area contributed by atoms with E-state index in [1.54, 1.807) is 5.57 Å². The van der Waals surface area contributed by atoms with E-state index in [0.29, 0.717) is 23.7 Å². The van der Waals surface area contributed by atoms with Crippen LogP contribution in [0.2, 0.25) is 0 Å². The summed E-state index contributed by atoms with van der Waals surface area (Å²) in [5.41, 5.74) is 34.4. The zero-order valence-electron chi connectivity index (χ0n) is 23.0. The molecule has 4 saturated carbocycles. The molecule has 0 saturated heterocycles. The predicted octanol–water partition coefficient (Wildman–Crippen LogP) is 4.19. The molecule has 0 radical (unpaired) electrons. The first-order valence-corrected chi connectivity index (χ1v) is 14.1. The van der Waals surface area contributed by atoms with Crippen molar-refractivity contribution in [2.45, 2.75) is 117 Å². The minimum absolute atomic E-state index is 0.0207. The molecule has 5 heteroatoms. The van der Waals surface area contributed by atoms with Crippen LogP contribution >= 0.6 is 0 Å². The number of fused-ring (bicyclic) bond motifs is 7. The lowest BCUT2D eigenvalue weighted by molar-refractivity contribution is -0.199. The first kappa shape index (κ1) is 25.2. The van der Waals surface area contributed by atoms with Crippen LogP contribution in [0.25, 0.3) is 0 Å². The van der Waals surface area contributed by atoms with Crippen LogP contribution in [0.15, 0.2) is 11.6 Å². The van der Waals surface area contributed by atoms with Crippen LogP contribution in [-0.2, 0) is 0 Å². The summed E-state index contributed by atoms with van der Waals surface area (Å²) < 4.78 is 0. The SMILES string of the molecule is C[C@@H]1CC[C@]2(C)CC[C@]3(C)C(=CC(N)(N)C4[C@@]5(C)CCC(N)(N)[C@](C)(N)C5CC[C@]43C)C2[C@H]1C. The minimum atomic E-state index is -0.866. The van der Waals surface area contributed by atoms with E-state index in [9.17, 15) is 0 Å². The van der Waals surface area contributed by atoms with Crippen LogP contribution in [-0.4, -0.2) is 16.9 Å². The lowest BCUT2D eigenvalue weighted by Crippen LogP contribution is -2.82. The highest BCUT2D eigenvalue weighted by Crippen LogP contribution is 2.75. The van der Waals surface area contributed by atoms with Crippen molar-refractivity contribution in [1.82, 2.24) is 0 Å². The van der Waals surface area contributed by atoms with E-state index in [2.05, 4.69) is 54.5 Å². The number of hydrogen-bond acceptors (Lipinski definition) is 5. The number of nitrogens with two attached hydrogens (primary N) is 5. The molecule has 34 heavy (non-hydrogen) atoms. The van der Waals surface area contributed by atoms with E-state index in [1.165, 1.54) is 25.7 Å². The van der Waals surface area contributed by atoms with Crippen molar-refractivity contribution < 1.29 is 0 Å². The van der Waals surface area contributed by atoms with Crippen molar-refractivity contribution in [2.24, 2.45) is 79.9 Å². The zero-order chi connectivity index (χ0) is 25.3. The Hall–Kier alpha value is -0.460. The van der Waals surface area contributed by atoms with Gasteiger partial charge in [-0.15, -0.1) is 0 Å². The summed E-state index contributed by atoms with van der Waals surface area (Å²) in [5.74, 6) is 2.30. The summed E-state index contributed by atoms with van der Waals surface area (Å²) in [5, 5.41) is 0. The predicted molar refractivity (Wildman–Crippen MR) is 141 cm³/mol. The van der Waals surface area contributed by atoms with Gasteiger partial charge >= 0.3 is 0 Å². The fourth-order valence-electron chi connectivity index (χ4n) is 11.1. The van der Waals surface area contributed by atoms with E-state index in [0.717, 1.165) is 25.2 Å². The molecule has 5 rings (SSSR count). The van der Waals surface area contributed by atoms with Gasteiger partial charge in [0.15, 0.2) is 0 Å². The second-order valence-electron chi connectivity index (χ2n) is 15.2. The average molecular weight is 472 g/mol. The highest BCUT2D eigenvalue weighted by Gasteiger charge is 2.73. The minimum Gasteiger partial charge on any atom is -0.322 e. The molecule has 10 N–H and O–H groups in total. The smallest absolute Gasteiger partial charge is 0.0871 e. The molecule has 0 aromatic rings. The molecule has 10 atom stereocenters. The van der Waals surface area contributed by atoms with E-state index >= 15 is 0 Å². The maximum absolute atomic E-state index is 7.28. The molecule has 0 heterocycles. The fraction of sp³-hybridized carbons (Fsp3) is 0.931. The van der Waals surface area contributed by atoms with Gasteiger partial charge in [0.25, 0.3) is 0 Å². The summed E-state index contributed by atoms with van der Waals surface area (Å²) in [6, 6.07) is 0. The molecule has 5 nitrogen and oxygen atoms in total. The maximum atomic E-state index is 7.28. The Bertz CT molecular complexity index is 906. The van der Waals surface area contributed by atoms with Gasteiger partial charge in [-0.25, -0.2) is 0 Å². The summed E-state index contributed by atoms with van der Waals surface area (Å²) in [6.07, 6.45) is 11.3. The fourth-order valence-corrected chi connectivity index (χ4v) is 11.1. The van der Waals surface area contributed by atoms with Crippen LogP contribution < -0.4 is 28.7 Å². The molecule has 0 aromatic carbocycles. The third-order valence-electron chi connectivity index (χ3n) is 13.5. The highest BCUT2D eigenvalue weighted by molar-refractivity contribution is 5.39. The van der Waals surface area contributed by atoms with Gasteiger partial charge in [-0.2, -0.15) is 0 Å². The third kappa shape index (κ3) is 2.80. The Kier molecular flexibility index (Phi) is 5.11. The Morgan fingerprint density at radius 1 is 0.765 bits per heavy atom. The molecule has 194 valence electrons. The molecule has 3 unspecified atom stereocenters. The van der Waals surface area contributed by atoms with Crippen molar-refractivity contribution >= 4 is 0 Å². The van der Waals surface area contributed by atoms with Crippen LogP contribution in [0.5, 0.6) is 0 Å². The van der Waals surface area contributed by atoms with Crippen LogP contribution in [0, 0.1) is 51.2 Å². The van der Waals surface area contributed by atoms with Crippen molar-refractivity contribution in [3.8, 4) is 0 Å². The topological polar surface area (TPSA) is 130 Å². The van der Waals surface area contributed by atoms with Gasteiger partial charge in [-0.1, -0.05) is 53.2 Å². The molecule has 4 fully saturated rings. The largest absolute Gasteiger partial charge is 0.322 e. The molecule has 0 spiro atoms. The first-order valence-electron chi connectivity index (χ1n) is 14.1. The zero-order valence-corrected chi connectivity index (χ0v) is 23.0. The standard InChI is InChI=1S/C29H53N5/c1-17-8-10-23(3)12-14-25(5)19(21(23)18(17)2)16-28(31,32)22-24(4)13-15-29(33,34)27(7,30)20(24)9-11-26(22,25)6/h16-18,20-22H,8-15,30-34H2,1-7H3/t17-,18+,20?,21?,22?,23-,24+,25-,26-,27-/m1/s1. The van der Waals surface area contributed by atoms with E-state index in [4.69, 9.17) is 28.7 Å². The van der Waals surface area contributed by atoms with Crippen molar-refractivity contribution in [1.29, 1.82) is 0 Å². The Morgan fingerprint density at radius 3 is 2.06 bits per heavy atom. The van der Waals surface area contributed by atoms with Gasteiger partial charge in [0.1, 0.15) is 0 Å². The van der Waals surface area contributed by atoms with Gasteiger partial charge < -0.3 is 28.7 Å². The summed E-state index contributed by atoms with van der Waals surface area (Å²) in [4.78, 5) is 0. The molecule has 5 aliphatic carbocycles. The molecule has 5 aliphatic rings. The molecule has 0 aromatic heterocycles. The first-order chi connectivity index (χ1) is 15.4. The number of hydrogen-bond donors (Lipinski definition) is 5. The quantitative estimate of drug-likeness (QED) is 0.267. The van der Waals surface area contributed by atoms with Crippen molar-refractivity contribution in [3.05, 3.63) is 11.6 Å². The summed E-state index contributed by atoms with van der Waals surface area (Å²) in [6.45, 7) is 17.1. The van der Waals surface area contributed by atoms with Crippen LogP contribution in [0.4, 0.5) is 0 Å². The van der Waals surface area contributed by atoms with Crippen molar-refractivity contribution in [2.75, 3.05) is 0 Å². The van der Waals surface area contributed by atoms with Gasteiger partial charge in [-0.05, 0) is 104 Å². The lowest BCUT2D eigenvalue weighted by Gasteiger charge is -2.74. The Morgan fingerprint density at radius 2 is 1.41 bits per heavy atom. The van der Waals surface area contributed by atoms with Gasteiger partial charge in [0, 0.05) is 11.5 Å². The van der Waals surface area contributed by atoms with Crippen LogP contribution in [0.3, 0.4) is 0 Å². The normalized spacial score (nSPS) is 58.0. The maximum Gasteiger partial charge on any atom is 0.0871 e. The summed E-state index contributed by atoms with van der Waals surface area (Å²) in [7, 11) is 0. The molecule has 0 aliphatic heterocycles. The third-order valence-corrected chi connectivity index (χ3v) is 13.5. The van der Waals surface area contributed by atoms with Gasteiger partial charge in [0.2, 0.25) is 0 Å². The number of allylic oxidation sites excluding steroid dienone is 1. The monoisotopic (exact) mass is 471 g/mol. The van der Waals surface area contributed by atoms with Gasteiger partial charge in [0.05, 0.1) is 11.3 Å². The molecule has 0 amide bonds. The molecule has 0 bridgehead atoms. The van der Waals surface area contributed by atoms with Gasteiger partial charge in [-0.3, -0.25) is 0 Å². The van der Waals surface area contributed by atoms with Crippen molar-refractivity contribution in [3.63, 3.8) is 0 Å². The Labute approximate surface area is 208 Å². The highest BCUT2D eigenvalue weighted by atomic mass is 15.1. The average Bonchev–Trinajstić information content (AvgIpc) is 2.70. The molecular weight excluding hydrogens is 418 g/mol. The summed E-state index contributed by atoms with van der Waals surface area (Å²) >= 11 is 0. The lowest BCUT2D eigenvalue weighted by atomic mass is 9.32. The second kappa shape index (κ2) is 6.89. The number of rotatable bonds is 0. The second-order valence-corrected chi connectivity index (χ2v) is 15.2. The van der Waals surface area contributed by atoms with E-state index in [-0.39, 0.29) is 28.1 Å². The Balaban J connectivity index is 1.68. The van der Waals surface area contributed by atoms with Crippen LogP contribution in [0.1, 0.15) is 99.8 Å².